The Labute approximate surface area is 163 Å². The van der Waals surface area contributed by atoms with E-state index in [1.165, 1.54) is 6.42 Å². The smallest absolute Gasteiger partial charge is 0.254 e. The number of ether oxygens (including phenoxy) is 2. The van der Waals surface area contributed by atoms with Crippen LogP contribution in [-0.4, -0.2) is 67.7 Å². The molecule has 0 radical (unpaired) electrons. The summed E-state index contributed by atoms with van der Waals surface area (Å²) in [5.74, 6) is 1.49. The van der Waals surface area contributed by atoms with Crippen molar-refractivity contribution in [3.8, 4) is 5.75 Å². The fourth-order valence-electron chi connectivity index (χ4n) is 3.85. The van der Waals surface area contributed by atoms with Gasteiger partial charge in [-0.25, -0.2) is 0 Å². The third-order valence-corrected chi connectivity index (χ3v) is 5.45. The summed E-state index contributed by atoms with van der Waals surface area (Å²) in [5.41, 5.74) is 0.769. The highest BCUT2D eigenvalue weighted by Crippen LogP contribution is 2.23. The summed E-state index contributed by atoms with van der Waals surface area (Å²) in [6.07, 6.45) is 4.50. The minimum Gasteiger partial charge on any atom is -0.493 e. The van der Waals surface area contributed by atoms with Crippen LogP contribution in [0.25, 0.3) is 0 Å². The molecule has 2 fully saturated rings. The monoisotopic (exact) mass is 374 g/mol. The van der Waals surface area contributed by atoms with Gasteiger partial charge in [-0.15, -0.1) is 0 Å². The molecule has 1 amide bonds. The van der Waals surface area contributed by atoms with E-state index in [0.717, 1.165) is 70.0 Å². The molecule has 2 aliphatic heterocycles. The maximum Gasteiger partial charge on any atom is 0.254 e. The molecular formula is C22H34N2O3. The molecule has 2 saturated heterocycles. The van der Waals surface area contributed by atoms with Gasteiger partial charge in [0, 0.05) is 37.8 Å². The fraction of sp³-hybridized carbons (Fsp3) is 0.682. The number of hydrogen-bond donors (Lipinski definition) is 0. The summed E-state index contributed by atoms with van der Waals surface area (Å²) in [6.45, 7) is 10.6. The Kier molecular flexibility index (Phi) is 7.53. The number of morpholine rings is 1. The van der Waals surface area contributed by atoms with Crippen LogP contribution < -0.4 is 4.74 Å². The molecule has 150 valence electrons. The summed E-state index contributed by atoms with van der Waals surface area (Å²) in [6, 6.07) is 8.01. The number of rotatable bonds is 7. The third-order valence-electron chi connectivity index (χ3n) is 5.45. The molecule has 27 heavy (non-hydrogen) atoms. The van der Waals surface area contributed by atoms with Crippen molar-refractivity contribution in [2.24, 2.45) is 5.92 Å². The van der Waals surface area contributed by atoms with E-state index < -0.39 is 0 Å². The average molecular weight is 375 g/mol. The van der Waals surface area contributed by atoms with Crippen LogP contribution in [0.15, 0.2) is 24.3 Å². The van der Waals surface area contributed by atoms with E-state index in [-0.39, 0.29) is 5.91 Å². The molecule has 0 spiro atoms. The van der Waals surface area contributed by atoms with Crippen LogP contribution in [0.3, 0.4) is 0 Å². The van der Waals surface area contributed by atoms with Crippen molar-refractivity contribution in [3.05, 3.63) is 29.8 Å². The number of hydrogen-bond acceptors (Lipinski definition) is 4. The first-order valence-corrected chi connectivity index (χ1v) is 10.5. The Morgan fingerprint density at radius 3 is 2.59 bits per heavy atom. The van der Waals surface area contributed by atoms with Gasteiger partial charge in [0.15, 0.2) is 0 Å². The maximum absolute atomic E-state index is 13.1. The molecule has 1 aromatic rings. The second-order valence-electron chi connectivity index (χ2n) is 8.12. The van der Waals surface area contributed by atoms with Crippen molar-refractivity contribution in [3.63, 3.8) is 0 Å². The van der Waals surface area contributed by atoms with E-state index in [1.807, 2.05) is 24.3 Å². The molecular weight excluding hydrogens is 340 g/mol. The van der Waals surface area contributed by atoms with E-state index in [4.69, 9.17) is 9.47 Å². The third kappa shape index (κ3) is 5.94. The zero-order chi connectivity index (χ0) is 19.1. The first kappa shape index (κ1) is 20.2. The highest BCUT2D eigenvalue weighted by atomic mass is 16.5. The first-order valence-electron chi connectivity index (χ1n) is 10.5. The van der Waals surface area contributed by atoms with E-state index in [0.29, 0.717) is 18.6 Å². The minimum atomic E-state index is 0.164. The Morgan fingerprint density at radius 2 is 1.89 bits per heavy atom. The summed E-state index contributed by atoms with van der Waals surface area (Å²) in [4.78, 5) is 17.7. The molecule has 2 heterocycles. The largest absolute Gasteiger partial charge is 0.493 e. The van der Waals surface area contributed by atoms with Gasteiger partial charge in [0.2, 0.25) is 0 Å². The van der Waals surface area contributed by atoms with Crippen molar-refractivity contribution in [2.75, 3.05) is 46.0 Å². The van der Waals surface area contributed by atoms with Gasteiger partial charge < -0.3 is 14.4 Å². The van der Waals surface area contributed by atoms with Gasteiger partial charge in [-0.3, -0.25) is 9.69 Å². The van der Waals surface area contributed by atoms with Crippen LogP contribution >= 0.6 is 0 Å². The molecule has 5 heteroatoms. The van der Waals surface area contributed by atoms with Gasteiger partial charge in [-0.05, 0) is 55.9 Å². The van der Waals surface area contributed by atoms with Crippen molar-refractivity contribution in [1.29, 1.82) is 0 Å². The average Bonchev–Trinajstić information content (AvgIpc) is 2.71. The molecule has 0 saturated carbocycles. The van der Waals surface area contributed by atoms with Crippen LogP contribution in [-0.2, 0) is 4.74 Å². The zero-order valence-corrected chi connectivity index (χ0v) is 16.9. The number of carbonyl (C=O) groups is 1. The van der Waals surface area contributed by atoms with Crippen molar-refractivity contribution >= 4 is 5.91 Å². The number of likely N-dealkylation sites (tertiary alicyclic amines) is 1. The van der Waals surface area contributed by atoms with Crippen LogP contribution in [0.4, 0.5) is 0 Å². The lowest BCUT2D eigenvalue weighted by molar-refractivity contribution is 0.0295. The lowest BCUT2D eigenvalue weighted by atomic mass is 9.97. The lowest BCUT2D eigenvalue weighted by Crippen LogP contribution is -2.46. The van der Waals surface area contributed by atoms with Gasteiger partial charge in [0.1, 0.15) is 5.75 Å². The summed E-state index contributed by atoms with van der Waals surface area (Å²) < 4.78 is 11.2. The van der Waals surface area contributed by atoms with E-state index >= 15 is 0 Å². The molecule has 5 nitrogen and oxygen atoms in total. The van der Waals surface area contributed by atoms with Gasteiger partial charge >= 0.3 is 0 Å². The van der Waals surface area contributed by atoms with Crippen LogP contribution in [0.5, 0.6) is 5.75 Å². The van der Waals surface area contributed by atoms with Crippen LogP contribution in [0.1, 0.15) is 49.9 Å². The molecule has 2 aliphatic rings. The SMILES string of the molecule is CC(C)COc1ccc(C(=O)N2CCCC[C@@H]2CCN2CCOCC2)cc1. The number of benzene rings is 1. The number of nitrogens with zero attached hydrogens (tertiary/aromatic N) is 2. The molecule has 0 bridgehead atoms. The molecule has 0 N–H and O–H groups in total. The second-order valence-corrected chi connectivity index (χ2v) is 8.12. The Morgan fingerprint density at radius 1 is 1.15 bits per heavy atom. The lowest BCUT2D eigenvalue weighted by Gasteiger charge is -2.37. The molecule has 3 rings (SSSR count). The predicted octanol–water partition coefficient (Wildman–Crippen LogP) is 3.44. The minimum absolute atomic E-state index is 0.164. The molecule has 0 aliphatic carbocycles. The van der Waals surface area contributed by atoms with Crippen molar-refractivity contribution in [1.82, 2.24) is 9.80 Å². The molecule has 0 aromatic heterocycles. The first-order chi connectivity index (χ1) is 13.1. The van der Waals surface area contributed by atoms with Gasteiger partial charge in [-0.1, -0.05) is 13.8 Å². The Balaban J connectivity index is 1.57. The molecule has 0 unspecified atom stereocenters. The van der Waals surface area contributed by atoms with Crippen molar-refractivity contribution < 1.29 is 14.3 Å². The summed E-state index contributed by atoms with van der Waals surface area (Å²) >= 11 is 0. The van der Waals surface area contributed by atoms with Crippen LogP contribution in [0, 0.1) is 5.92 Å². The topological polar surface area (TPSA) is 42.0 Å². The predicted molar refractivity (Wildman–Crippen MR) is 107 cm³/mol. The van der Waals surface area contributed by atoms with E-state index in [2.05, 4.69) is 23.6 Å². The summed E-state index contributed by atoms with van der Waals surface area (Å²) in [5, 5.41) is 0. The zero-order valence-electron chi connectivity index (χ0n) is 16.9. The van der Waals surface area contributed by atoms with Gasteiger partial charge in [-0.2, -0.15) is 0 Å². The number of amides is 1. The van der Waals surface area contributed by atoms with Crippen molar-refractivity contribution in [2.45, 2.75) is 45.6 Å². The molecule has 1 aromatic carbocycles. The Bertz CT molecular complexity index is 582. The standard InChI is InChI=1S/C22H34N2O3/c1-18(2)17-27-21-8-6-19(7-9-21)22(25)24-11-4-3-5-20(24)10-12-23-13-15-26-16-14-23/h6-9,18,20H,3-5,10-17H2,1-2H3/t20-/m1/s1. The van der Waals surface area contributed by atoms with Crippen LogP contribution in [0.2, 0.25) is 0 Å². The van der Waals surface area contributed by atoms with Gasteiger partial charge in [0.25, 0.3) is 5.91 Å². The highest BCUT2D eigenvalue weighted by molar-refractivity contribution is 5.94. The molecule has 1 atom stereocenters. The summed E-state index contributed by atoms with van der Waals surface area (Å²) in [7, 11) is 0. The highest BCUT2D eigenvalue weighted by Gasteiger charge is 2.28. The fourth-order valence-corrected chi connectivity index (χ4v) is 3.85. The number of piperidine rings is 1. The van der Waals surface area contributed by atoms with E-state index in [1.54, 1.807) is 0 Å². The van der Waals surface area contributed by atoms with Gasteiger partial charge in [0.05, 0.1) is 19.8 Å². The maximum atomic E-state index is 13.1. The second kappa shape index (κ2) is 10.1. The quantitative estimate of drug-likeness (QED) is 0.733. The number of carbonyl (C=O) groups excluding carboxylic acids is 1. The van der Waals surface area contributed by atoms with E-state index in [9.17, 15) is 4.79 Å². The normalized spacial score (nSPS) is 21.4. The Hall–Kier alpha value is -1.59.